The van der Waals surface area contributed by atoms with Crippen LogP contribution in [0.4, 0.5) is 5.69 Å². The molecule has 1 fully saturated rings. The molecule has 4 rings (SSSR count). The number of aromatic nitrogens is 2. The lowest BCUT2D eigenvalue weighted by molar-refractivity contribution is -0.114. The number of carbonyl (C=O) groups is 2. The van der Waals surface area contributed by atoms with E-state index in [9.17, 15) is 9.59 Å². The van der Waals surface area contributed by atoms with E-state index in [-0.39, 0.29) is 17.9 Å². The van der Waals surface area contributed by atoms with E-state index in [0.717, 1.165) is 56.7 Å². The van der Waals surface area contributed by atoms with Gasteiger partial charge in [-0.1, -0.05) is 38.8 Å². The van der Waals surface area contributed by atoms with Gasteiger partial charge in [0.25, 0.3) is 5.91 Å². The lowest BCUT2D eigenvalue weighted by atomic mass is 10.0. The lowest BCUT2D eigenvalue weighted by Crippen LogP contribution is -2.35. The van der Waals surface area contributed by atoms with E-state index in [1.54, 1.807) is 0 Å². The van der Waals surface area contributed by atoms with Crippen molar-refractivity contribution in [2.75, 3.05) is 11.9 Å². The summed E-state index contributed by atoms with van der Waals surface area (Å²) in [6.07, 6.45) is 5.43. The molecule has 2 aliphatic rings. The molecule has 0 spiro atoms. The molecule has 0 bridgehead atoms. The third kappa shape index (κ3) is 5.38. The van der Waals surface area contributed by atoms with Crippen LogP contribution in [0.2, 0.25) is 0 Å². The molecule has 1 saturated carbocycles. The first-order chi connectivity index (χ1) is 15.4. The van der Waals surface area contributed by atoms with Crippen LogP contribution in [-0.4, -0.2) is 39.1 Å². The number of nitrogens with one attached hydrogen (secondary N) is 2. The molecule has 1 aromatic heterocycles. The van der Waals surface area contributed by atoms with Crippen molar-refractivity contribution in [1.29, 1.82) is 0 Å². The Morgan fingerprint density at radius 2 is 1.88 bits per heavy atom. The summed E-state index contributed by atoms with van der Waals surface area (Å²) >= 11 is 0. The quantitative estimate of drug-likeness (QED) is 0.692. The Balaban J connectivity index is 1.50. The largest absolute Gasteiger partial charge is 0.348 e. The molecular formula is C25H35N5O2. The average Bonchev–Trinajstić information content (AvgIpc) is 3.37. The van der Waals surface area contributed by atoms with Gasteiger partial charge in [0.05, 0.1) is 0 Å². The predicted molar refractivity (Wildman–Crippen MR) is 125 cm³/mol. The number of fused-ring (bicyclic) bond motifs is 1. The first-order valence-electron chi connectivity index (χ1n) is 11.9. The molecule has 7 nitrogen and oxygen atoms in total. The van der Waals surface area contributed by atoms with Crippen molar-refractivity contribution in [3.8, 4) is 0 Å². The summed E-state index contributed by atoms with van der Waals surface area (Å²) in [5, 5.41) is 10.8. The summed E-state index contributed by atoms with van der Waals surface area (Å²) in [6, 6.07) is 8.27. The molecule has 2 heterocycles. The number of anilines is 1. The maximum Gasteiger partial charge on any atom is 0.272 e. The molecule has 2 aromatic rings. The van der Waals surface area contributed by atoms with Gasteiger partial charge in [-0.2, -0.15) is 5.10 Å². The number of hydrogen-bond donors (Lipinski definition) is 2. The molecule has 1 aliphatic heterocycles. The minimum atomic E-state index is -0.0665. The van der Waals surface area contributed by atoms with Gasteiger partial charge < -0.3 is 10.6 Å². The molecule has 1 aliphatic carbocycles. The van der Waals surface area contributed by atoms with Crippen LogP contribution in [0.3, 0.4) is 0 Å². The highest BCUT2D eigenvalue weighted by Crippen LogP contribution is 2.26. The van der Waals surface area contributed by atoms with Gasteiger partial charge in [0.15, 0.2) is 5.69 Å². The molecule has 0 saturated heterocycles. The predicted octanol–water partition coefficient (Wildman–Crippen LogP) is 3.73. The van der Waals surface area contributed by atoms with E-state index in [1.165, 1.54) is 31.0 Å². The molecule has 172 valence electrons. The summed E-state index contributed by atoms with van der Waals surface area (Å²) in [5.74, 6) is 0.394. The first-order valence-corrected chi connectivity index (χ1v) is 11.9. The van der Waals surface area contributed by atoms with Crippen LogP contribution in [0.25, 0.3) is 0 Å². The van der Waals surface area contributed by atoms with E-state index in [1.807, 2.05) is 12.1 Å². The van der Waals surface area contributed by atoms with E-state index >= 15 is 0 Å². The van der Waals surface area contributed by atoms with Gasteiger partial charge in [-0.3, -0.25) is 19.2 Å². The summed E-state index contributed by atoms with van der Waals surface area (Å²) in [5.41, 5.74) is 4.91. The van der Waals surface area contributed by atoms with Gasteiger partial charge in [0.1, 0.15) is 0 Å². The van der Waals surface area contributed by atoms with Crippen molar-refractivity contribution in [3.05, 3.63) is 46.8 Å². The van der Waals surface area contributed by atoms with Crippen LogP contribution >= 0.6 is 0 Å². The van der Waals surface area contributed by atoms with Crippen molar-refractivity contribution in [1.82, 2.24) is 20.0 Å². The van der Waals surface area contributed by atoms with Crippen LogP contribution in [0.5, 0.6) is 0 Å². The van der Waals surface area contributed by atoms with Crippen LogP contribution in [0.1, 0.15) is 73.8 Å². The number of hydrogen-bond acceptors (Lipinski definition) is 4. The summed E-state index contributed by atoms with van der Waals surface area (Å²) < 4.78 is 2.07. The van der Waals surface area contributed by atoms with E-state index in [0.29, 0.717) is 11.6 Å². The Kier molecular flexibility index (Phi) is 6.94. The van der Waals surface area contributed by atoms with Crippen LogP contribution in [0.15, 0.2) is 24.3 Å². The number of carbonyl (C=O) groups excluding carboxylic acids is 2. The topological polar surface area (TPSA) is 79.3 Å². The van der Waals surface area contributed by atoms with E-state index in [2.05, 4.69) is 46.2 Å². The average molecular weight is 438 g/mol. The van der Waals surface area contributed by atoms with Gasteiger partial charge in [0.2, 0.25) is 5.91 Å². The number of amides is 2. The van der Waals surface area contributed by atoms with E-state index in [4.69, 9.17) is 5.10 Å². The standard InChI is InChI=1S/C25H35N5O2/c1-17(2)14-30-23-12-13-29(15-19-8-10-21(11-9-19)26-18(3)31)16-22(23)24(28-30)25(32)27-20-6-4-5-7-20/h8-11,17,20H,4-7,12-16H2,1-3H3,(H,26,31)(H,27,32). The van der Waals surface area contributed by atoms with Crippen molar-refractivity contribution in [3.63, 3.8) is 0 Å². The minimum absolute atomic E-state index is 0.0165. The first kappa shape index (κ1) is 22.5. The summed E-state index contributed by atoms with van der Waals surface area (Å²) in [7, 11) is 0. The maximum absolute atomic E-state index is 13.1. The fraction of sp³-hybridized carbons (Fsp3) is 0.560. The number of rotatable bonds is 7. The fourth-order valence-electron chi connectivity index (χ4n) is 4.84. The number of benzene rings is 1. The third-order valence-corrected chi connectivity index (χ3v) is 6.34. The van der Waals surface area contributed by atoms with Crippen LogP contribution in [-0.2, 0) is 30.8 Å². The zero-order valence-corrected chi connectivity index (χ0v) is 19.5. The highest BCUT2D eigenvalue weighted by atomic mass is 16.2. The Morgan fingerprint density at radius 3 is 2.53 bits per heavy atom. The smallest absolute Gasteiger partial charge is 0.272 e. The fourth-order valence-corrected chi connectivity index (χ4v) is 4.84. The Hall–Kier alpha value is -2.67. The van der Waals surface area contributed by atoms with Crippen molar-refractivity contribution >= 4 is 17.5 Å². The summed E-state index contributed by atoms with van der Waals surface area (Å²) in [4.78, 5) is 26.7. The monoisotopic (exact) mass is 437 g/mol. The van der Waals surface area contributed by atoms with Crippen LogP contribution in [0, 0.1) is 5.92 Å². The van der Waals surface area contributed by atoms with Gasteiger partial charge in [-0.15, -0.1) is 0 Å². The highest BCUT2D eigenvalue weighted by molar-refractivity contribution is 5.94. The molecule has 2 N–H and O–H groups in total. The molecule has 2 amide bonds. The minimum Gasteiger partial charge on any atom is -0.348 e. The van der Waals surface area contributed by atoms with Gasteiger partial charge >= 0.3 is 0 Å². The molecule has 1 aromatic carbocycles. The molecule has 0 atom stereocenters. The van der Waals surface area contributed by atoms with Crippen molar-refractivity contribution < 1.29 is 9.59 Å². The Labute approximate surface area is 190 Å². The number of nitrogens with zero attached hydrogens (tertiary/aromatic N) is 3. The second-order valence-electron chi connectivity index (χ2n) is 9.64. The Bertz CT molecular complexity index is 957. The zero-order valence-electron chi connectivity index (χ0n) is 19.5. The summed E-state index contributed by atoms with van der Waals surface area (Å²) in [6.45, 7) is 9.20. The maximum atomic E-state index is 13.1. The molecule has 0 radical (unpaired) electrons. The Morgan fingerprint density at radius 1 is 1.16 bits per heavy atom. The third-order valence-electron chi connectivity index (χ3n) is 6.34. The molecular weight excluding hydrogens is 402 g/mol. The van der Waals surface area contributed by atoms with Gasteiger partial charge in [-0.05, 0) is 36.5 Å². The van der Waals surface area contributed by atoms with E-state index < -0.39 is 0 Å². The molecule has 0 unspecified atom stereocenters. The zero-order chi connectivity index (χ0) is 22.7. The second-order valence-corrected chi connectivity index (χ2v) is 9.64. The van der Waals surface area contributed by atoms with Crippen LogP contribution < -0.4 is 10.6 Å². The highest BCUT2D eigenvalue weighted by Gasteiger charge is 2.29. The SMILES string of the molecule is CC(=O)Nc1ccc(CN2CCc3c(c(C(=O)NC4CCCC4)nn3CC(C)C)C2)cc1. The van der Waals surface area contributed by atoms with Crippen molar-refractivity contribution in [2.45, 2.75) is 78.6 Å². The van der Waals surface area contributed by atoms with Crippen molar-refractivity contribution in [2.24, 2.45) is 5.92 Å². The normalized spacial score (nSPS) is 16.9. The molecule has 7 heteroatoms. The van der Waals surface area contributed by atoms with Gasteiger partial charge in [-0.25, -0.2) is 0 Å². The second kappa shape index (κ2) is 9.86. The molecule has 32 heavy (non-hydrogen) atoms. The lowest BCUT2D eigenvalue weighted by Gasteiger charge is -2.28. The van der Waals surface area contributed by atoms with Gasteiger partial charge in [0, 0.05) is 62.5 Å².